The van der Waals surface area contributed by atoms with Crippen molar-refractivity contribution in [2.45, 2.75) is 26.7 Å². The molecule has 0 saturated carbocycles. The molecule has 0 radical (unpaired) electrons. The third kappa shape index (κ3) is 3.45. The van der Waals surface area contributed by atoms with E-state index in [1.54, 1.807) is 37.3 Å². The molecule has 1 aromatic heterocycles. The largest absolute Gasteiger partial charge is 0.462 e. The number of benzene rings is 1. The van der Waals surface area contributed by atoms with Gasteiger partial charge in [0.2, 0.25) is 0 Å². The van der Waals surface area contributed by atoms with Crippen LogP contribution in [0.2, 0.25) is 0 Å². The lowest BCUT2D eigenvalue weighted by Gasteiger charge is -2.10. The molecule has 0 atom stereocenters. The topological polar surface area (TPSA) is 39.2 Å². The van der Waals surface area contributed by atoms with Crippen LogP contribution < -0.4 is 0 Å². The summed E-state index contributed by atoms with van der Waals surface area (Å²) < 4.78 is 18.9. The van der Waals surface area contributed by atoms with Gasteiger partial charge in [-0.1, -0.05) is 25.5 Å². The van der Waals surface area contributed by atoms with E-state index in [9.17, 15) is 9.18 Å². The lowest BCUT2D eigenvalue weighted by atomic mass is 10.1. The van der Waals surface area contributed by atoms with Gasteiger partial charge in [0.05, 0.1) is 23.6 Å². The van der Waals surface area contributed by atoms with Gasteiger partial charge in [-0.05, 0) is 37.6 Å². The minimum atomic E-state index is -0.381. The normalized spacial score (nSPS) is 10.4. The second-order valence-corrected chi connectivity index (χ2v) is 4.64. The summed E-state index contributed by atoms with van der Waals surface area (Å²) >= 11 is 0. The molecule has 0 unspecified atom stereocenters. The summed E-state index contributed by atoms with van der Waals surface area (Å²) in [5.74, 6) is -0.704. The Morgan fingerprint density at radius 2 is 1.95 bits per heavy atom. The minimum absolute atomic E-state index is 0.319. The molecule has 0 aliphatic heterocycles. The van der Waals surface area contributed by atoms with Gasteiger partial charge in [0.25, 0.3) is 0 Å². The van der Waals surface area contributed by atoms with Crippen LogP contribution in [0.1, 0.15) is 36.3 Å². The summed E-state index contributed by atoms with van der Waals surface area (Å²) in [5.41, 5.74) is 2.07. The van der Waals surface area contributed by atoms with Gasteiger partial charge in [0.15, 0.2) is 0 Å². The molecule has 0 aliphatic carbocycles. The quantitative estimate of drug-likeness (QED) is 0.780. The Balaban J connectivity index is 2.45. The lowest BCUT2D eigenvalue weighted by Crippen LogP contribution is -2.10. The van der Waals surface area contributed by atoms with E-state index >= 15 is 0 Å². The van der Waals surface area contributed by atoms with E-state index in [0.717, 1.165) is 6.42 Å². The molecule has 2 rings (SSSR count). The van der Waals surface area contributed by atoms with E-state index < -0.39 is 0 Å². The summed E-state index contributed by atoms with van der Waals surface area (Å²) in [5, 5.41) is 0. The maximum absolute atomic E-state index is 13.8. The summed E-state index contributed by atoms with van der Waals surface area (Å²) in [6.07, 6.45) is 1.50. The fourth-order valence-corrected chi connectivity index (χ4v) is 2.14. The number of halogens is 1. The first-order valence-electron chi connectivity index (χ1n) is 7.09. The molecule has 3 nitrogen and oxygen atoms in total. The molecule has 0 saturated heterocycles. The predicted molar refractivity (Wildman–Crippen MR) is 79.6 cm³/mol. The van der Waals surface area contributed by atoms with E-state index in [0.29, 0.717) is 35.5 Å². The maximum Gasteiger partial charge on any atom is 0.339 e. The molecule has 0 spiro atoms. The molecule has 2 aromatic rings. The number of pyridine rings is 1. The van der Waals surface area contributed by atoms with Gasteiger partial charge in [-0.15, -0.1) is 0 Å². The first-order valence-corrected chi connectivity index (χ1v) is 7.09. The van der Waals surface area contributed by atoms with Gasteiger partial charge in [-0.2, -0.15) is 0 Å². The maximum atomic E-state index is 13.8. The van der Waals surface area contributed by atoms with Gasteiger partial charge in [0.1, 0.15) is 5.82 Å². The van der Waals surface area contributed by atoms with E-state index in [1.165, 1.54) is 6.07 Å². The Hall–Kier alpha value is -2.23. The Labute approximate surface area is 123 Å². The SMILES string of the molecule is CCCc1nc(-c2ccccc2F)ccc1C(=O)OCC. The van der Waals surface area contributed by atoms with E-state index in [2.05, 4.69) is 4.98 Å². The van der Waals surface area contributed by atoms with Crippen molar-refractivity contribution < 1.29 is 13.9 Å². The molecule has 110 valence electrons. The van der Waals surface area contributed by atoms with Crippen molar-refractivity contribution in [3.05, 3.63) is 53.5 Å². The predicted octanol–water partition coefficient (Wildman–Crippen LogP) is 4.02. The average molecular weight is 287 g/mol. The van der Waals surface area contributed by atoms with E-state index in [-0.39, 0.29) is 11.8 Å². The summed E-state index contributed by atoms with van der Waals surface area (Å²) in [6.45, 7) is 4.09. The number of carbonyl (C=O) groups excluding carboxylic acids is 1. The molecular weight excluding hydrogens is 269 g/mol. The fourth-order valence-electron chi connectivity index (χ4n) is 2.14. The molecule has 0 amide bonds. The van der Waals surface area contributed by atoms with Crippen LogP contribution in [0, 0.1) is 5.82 Å². The van der Waals surface area contributed by atoms with Crippen LogP contribution >= 0.6 is 0 Å². The number of aromatic nitrogens is 1. The van der Waals surface area contributed by atoms with Gasteiger partial charge in [-0.25, -0.2) is 9.18 Å². The summed E-state index contributed by atoms with van der Waals surface area (Å²) in [6, 6.07) is 9.80. The van der Waals surface area contributed by atoms with Gasteiger partial charge in [-0.3, -0.25) is 4.98 Å². The number of hydrogen-bond acceptors (Lipinski definition) is 3. The van der Waals surface area contributed by atoms with Crippen LogP contribution in [0.3, 0.4) is 0 Å². The Morgan fingerprint density at radius 3 is 2.62 bits per heavy atom. The highest BCUT2D eigenvalue weighted by atomic mass is 19.1. The zero-order valence-electron chi connectivity index (χ0n) is 12.2. The highest BCUT2D eigenvalue weighted by molar-refractivity contribution is 5.91. The Bertz CT molecular complexity index is 640. The first kappa shape index (κ1) is 15.2. The molecule has 21 heavy (non-hydrogen) atoms. The van der Waals surface area contributed by atoms with Crippen molar-refractivity contribution in [3.8, 4) is 11.3 Å². The summed E-state index contributed by atoms with van der Waals surface area (Å²) in [4.78, 5) is 16.4. The number of aryl methyl sites for hydroxylation is 1. The van der Waals surface area contributed by atoms with Crippen LogP contribution in [0.4, 0.5) is 4.39 Å². The van der Waals surface area contributed by atoms with Gasteiger partial charge in [0, 0.05) is 5.56 Å². The molecule has 0 bridgehead atoms. The van der Waals surface area contributed by atoms with Crippen LogP contribution in [0.25, 0.3) is 11.3 Å². The second kappa shape index (κ2) is 6.97. The minimum Gasteiger partial charge on any atom is -0.462 e. The van der Waals surface area contributed by atoms with Crippen LogP contribution in [-0.4, -0.2) is 17.6 Å². The number of hydrogen-bond donors (Lipinski definition) is 0. The molecule has 0 aliphatic rings. The zero-order valence-corrected chi connectivity index (χ0v) is 12.2. The Morgan fingerprint density at radius 1 is 1.19 bits per heavy atom. The summed E-state index contributed by atoms with van der Waals surface area (Å²) in [7, 11) is 0. The van der Waals surface area contributed by atoms with Crippen molar-refractivity contribution in [3.63, 3.8) is 0 Å². The van der Waals surface area contributed by atoms with E-state index in [1.807, 2.05) is 6.92 Å². The van der Waals surface area contributed by atoms with Crippen molar-refractivity contribution in [1.29, 1.82) is 0 Å². The number of ether oxygens (including phenoxy) is 1. The monoisotopic (exact) mass is 287 g/mol. The molecule has 0 N–H and O–H groups in total. The van der Waals surface area contributed by atoms with Crippen molar-refractivity contribution >= 4 is 5.97 Å². The molecular formula is C17H18FNO2. The molecule has 4 heteroatoms. The molecule has 1 heterocycles. The average Bonchev–Trinajstić information content (AvgIpc) is 2.48. The smallest absolute Gasteiger partial charge is 0.339 e. The first-order chi connectivity index (χ1) is 10.2. The molecule has 1 aromatic carbocycles. The third-order valence-corrected chi connectivity index (χ3v) is 3.11. The molecule has 0 fully saturated rings. The van der Waals surface area contributed by atoms with Crippen molar-refractivity contribution in [2.75, 3.05) is 6.61 Å². The van der Waals surface area contributed by atoms with Crippen LogP contribution in [-0.2, 0) is 11.2 Å². The Kier molecular flexibility index (Phi) is 5.04. The van der Waals surface area contributed by atoms with Crippen LogP contribution in [0.15, 0.2) is 36.4 Å². The highest BCUT2D eigenvalue weighted by Crippen LogP contribution is 2.23. The van der Waals surface area contributed by atoms with E-state index in [4.69, 9.17) is 4.74 Å². The van der Waals surface area contributed by atoms with Crippen molar-refractivity contribution in [1.82, 2.24) is 4.98 Å². The fraction of sp³-hybridized carbons (Fsp3) is 0.294. The number of rotatable bonds is 5. The second-order valence-electron chi connectivity index (χ2n) is 4.64. The zero-order chi connectivity index (χ0) is 15.2. The van der Waals surface area contributed by atoms with Crippen molar-refractivity contribution in [2.24, 2.45) is 0 Å². The number of carbonyl (C=O) groups is 1. The number of esters is 1. The van der Waals surface area contributed by atoms with Crippen LogP contribution in [0.5, 0.6) is 0 Å². The number of nitrogens with zero attached hydrogens (tertiary/aromatic N) is 1. The third-order valence-electron chi connectivity index (χ3n) is 3.11. The standard InChI is InChI=1S/C17H18FNO2/c1-3-7-15-13(17(20)21-4-2)10-11-16(19-15)12-8-5-6-9-14(12)18/h5-6,8-11H,3-4,7H2,1-2H3. The lowest BCUT2D eigenvalue weighted by molar-refractivity contribution is 0.0524. The van der Waals surface area contributed by atoms with Gasteiger partial charge < -0.3 is 4.74 Å². The van der Waals surface area contributed by atoms with Gasteiger partial charge >= 0.3 is 5.97 Å². The highest BCUT2D eigenvalue weighted by Gasteiger charge is 2.15.